The van der Waals surface area contributed by atoms with E-state index in [-0.39, 0.29) is 0 Å². The predicted molar refractivity (Wildman–Crippen MR) is 76.1 cm³/mol. The Morgan fingerprint density at radius 3 is 2.80 bits per heavy atom. The van der Waals surface area contributed by atoms with Crippen molar-refractivity contribution in [3.63, 3.8) is 0 Å². The first-order chi connectivity index (χ1) is 9.81. The van der Waals surface area contributed by atoms with Gasteiger partial charge >= 0.3 is 0 Å². The Morgan fingerprint density at radius 1 is 1.30 bits per heavy atom. The summed E-state index contributed by atoms with van der Waals surface area (Å²) in [5.74, 6) is 1.29. The maximum atomic E-state index is 8.90. The molecule has 5 heteroatoms. The van der Waals surface area contributed by atoms with Crippen LogP contribution in [0.1, 0.15) is 18.9 Å². The number of hydrogen-bond acceptors (Lipinski definition) is 5. The molecule has 0 amide bonds. The summed E-state index contributed by atoms with van der Waals surface area (Å²) in [7, 11) is 0. The van der Waals surface area contributed by atoms with Crippen molar-refractivity contribution in [2.24, 2.45) is 0 Å². The minimum absolute atomic E-state index is 0.407. The molecule has 0 radical (unpaired) electrons. The largest absolute Gasteiger partial charge is 0.476 e. The molecule has 0 saturated heterocycles. The lowest BCUT2D eigenvalue weighted by Crippen LogP contribution is -2.12. The molecule has 1 heterocycles. The van der Waals surface area contributed by atoms with Crippen LogP contribution < -0.4 is 10.1 Å². The lowest BCUT2D eigenvalue weighted by atomic mass is 10.2. The summed E-state index contributed by atoms with van der Waals surface area (Å²) in [4.78, 5) is 8.19. The number of nitriles is 1. The van der Waals surface area contributed by atoms with Gasteiger partial charge in [0.05, 0.1) is 0 Å². The molecule has 0 fully saturated rings. The van der Waals surface area contributed by atoms with Gasteiger partial charge in [0, 0.05) is 18.9 Å². The second-order valence-corrected chi connectivity index (χ2v) is 4.22. The van der Waals surface area contributed by atoms with E-state index in [1.54, 1.807) is 18.5 Å². The Kier molecular flexibility index (Phi) is 4.90. The minimum atomic E-state index is -0.407. The van der Waals surface area contributed by atoms with Crippen LogP contribution in [0.4, 0.5) is 5.95 Å². The zero-order valence-corrected chi connectivity index (χ0v) is 11.3. The molecule has 2 rings (SSSR count). The number of rotatable bonds is 6. The third kappa shape index (κ3) is 3.95. The van der Waals surface area contributed by atoms with Gasteiger partial charge in [0.25, 0.3) is 0 Å². The fraction of sp³-hybridized carbons (Fsp3) is 0.267. The fourth-order valence-corrected chi connectivity index (χ4v) is 1.67. The molecular formula is C15H16N4O. The molecule has 1 atom stereocenters. The van der Waals surface area contributed by atoms with Gasteiger partial charge in [0.1, 0.15) is 11.8 Å². The van der Waals surface area contributed by atoms with Crippen molar-refractivity contribution in [1.82, 2.24) is 9.97 Å². The number of nitrogens with one attached hydrogen (secondary N) is 1. The highest BCUT2D eigenvalue weighted by Crippen LogP contribution is 2.16. The van der Waals surface area contributed by atoms with Crippen molar-refractivity contribution in [3.05, 3.63) is 48.3 Å². The molecular weight excluding hydrogens is 252 g/mol. The van der Waals surface area contributed by atoms with E-state index in [9.17, 15) is 0 Å². The van der Waals surface area contributed by atoms with E-state index in [1.165, 1.54) is 0 Å². The van der Waals surface area contributed by atoms with Crippen LogP contribution in [0.3, 0.4) is 0 Å². The first kappa shape index (κ1) is 13.8. The number of benzene rings is 1. The van der Waals surface area contributed by atoms with Gasteiger partial charge < -0.3 is 10.1 Å². The highest BCUT2D eigenvalue weighted by atomic mass is 16.5. The lowest BCUT2D eigenvalue weighted by molar-refractivity contribution is 0.251. The van der Waals surface area contributed by atoms with Gasteiger partial charge in [-0.05, 0) is 30.2 Å². The van der Waals surface area contributed by atoms with Crippen LogP contribution in [0, 0.1) is 11.3 Å². The molecule has 1 aromatic carbocycles. The fourth-order valence-electron chi connectivity index (χ4n) is 1.67. The van der Waals surface area contributed by atoms with Crippen molar-refractivity contribution in [2.45, 2.75) is 26.0 Å². The lowest BCUT2D eigenvalue weighted by Gasteiger charge is -2.11. The van der Waals surface area contributed by atoms with Crippen LogP contribution in [-0.4, -0.2) is 16.1 Å². The van der Waals surface area contributed by atoms with Gasteiger partial charge in [-0.25, -0.2) is 9.97 Å². The normalized spacial score (nSPS) is 11.4. The smallest absolute Gasteiger partial charge is 0.222 e. The summed E-state index contributed by atoms with van der Waals surface area (Å²) in [6.07, 6.45) is 3.63. The van der Waals surface area contributed by atoms with E-state index in [4.69, 9.17) is 10.00 Å². The Morgan fingerprint density at radius 2 is 2.10 bits per heavy atom. The second-order valence-electron chi connectivity index (χ2n) is 4.22. The van der Waals surface area contributed by atoms with E-state index >= 15 is 0 Å². The van der Waals surface area contributed by atoms with Crippen molar-refractivity contribution in [2.75, 3.05) is 5.32 Å². The molecule has 0 aliphatic heterocycles. The molecule has 5 nitrogen and oxygen atoms in total. The van der Waals surface area contributed by atoms with E-state index < -0.39 is 6.10 Å². The average molecular weight is 268 g/mol. The monoisotopic (exact) mass is 268 g/mol. The van der Waals surface area contributed by atoms with Gasteiger partial charge in [0.2, 0.25) is 5.95 Å². The van der Waals surface area contributed by atoms with Crippen molar-refractivity contribution in [3.8, 4) is 11.8 Å². The van der Waals surface area contributed by atoms with Crippen molar-refractivity contribution in [1.29, 1.82) is 5.26 Å². The standard InChI is InChI=1S/C15H16N4O/c1-2-13(10-16)20-14-6-3-5-12(9-14)11-19-15-17-7-4-8-18-15/h3-9,13H,2,11H2,1H3,(H,17,18,19). The molecule has 1 aromatic heterocycles. The Bertz CT molecular complexity index is 580. The molecule has 0 saturated carbocycles. The molecule has 0 spiro atoms. The number of aromatic nitrogens is 2. The number of anilines is 1. The summed E-state index contributed by atoms with van der Waals surface area (Å²) in [6.45, 7) is 2.52. The first-order valence-corrected chi connectivity index (χ1v) is 6.48. The maximum Gasteiger partial charge on any atom is 0.222 e. The van der Waals surface area contributed by atoms with Crippen molar-refractivity contribution < 1.29 is 4.74 Å². The number of ether oxygens (including phenoxy) is 1. The Balaban J connectivity index is 1.98. The number of nitrogens with zero attached hydrogens (tertiary/aromatic N) is 3. The summed E-state index contributed by atoms with van der Waals surface area (Å²) in [5.41, 5.74) is 1.04. The Labute approximate surface area is 118 Å². The molecule has 20 heavy (non-hydrogen) atoms. The van der Waals surface area contributed by atoms with E-state index in [1.807, 2.05) is 31.2 Å². The predicted octanol–water partition coefficient (Wildman–Crippen LogP) is 2.77. The topological polar surface area (TPSA) is 70.8 Å². The second kappa shape index (κ2) is 7.10. The zero-order chi connectivity index (χ0) is 14.2. The van der Waals surface area contributed by atoms with Crippen LogP contribution in [0.2, 0.25) is 0 Å². The molecule has 2 aromatic rings. The number of hydrogen-bond donors (Lipinski definition) is 1. The van der Waals surface area contributed by atoms with Crippen LogP contribution in [0.5, 0.6) is 5.75 Å². The molecule has 0 aliphatic rings. The molecule has 1 N–H and O–H groups in total. The summed E-state index contributed by atoms with van der Waals surface area (Å²) >= 11 is 0. The van der Waals surface area contributed by atoms with Crippen LogP contribution >= 0.6 is 0 Å². The highest BCUT2D eigenvalue weighted by molar-refractivity contribution is 5.32. The Hall–Kier alpha value is -2.61. The molecule has 102 valence electrons. The van der Waals surface area contributed by atoms with Gasteiger partial charge in [0.15, 0.2) is 6.10 Å². The minimum Gasteiger partial charge on any atom is -0.476 e. The van der Waals surface area contributed by atoms with E-state index in [0.717, 1.165) is 5.56 Å². The molecule has 0 bridgehead atoms. The first-order valence-electron chi connectivity index (χ1n) is 6.48. The van der Waals surface area contributed by atoms with Crippen LogP contribution in [0.15, 0.2) is 42.7 Å². The van der Waals surface area contributed by atoms with Gasteiger partial charge in [-0.2, -0.15) is 5.26 Å². The zero-order valence-electron chi connectivity index (χ0n) is 11.3. The van der Waals surface area contributed by atoms with Crippen LogP contribution in [0.25, 0.3) is 0 Å². The quantitative estimate of drug-likeness (QED) is 0.872. The van der Waals surface area contributed by atoms with E-state index in [0.29, 0.717) is 24.7 Å². The maximum absolute atomic E-state index is 8.90. The third-order valence-corrected chi connectivity index (χ3v) is 2.71. The van der Waals surface area contributed by atoms with E-state index in [2.05, 4.69) is 21.4 Å². The molecule has 1 unspecified atom stereocenters. The van der Waals surface area contributed by atoms with Gasteiger partial charge in [-0.15, -0.1) is 0 Å². The van der Waals surface area contributed by atoms with Gasteiger partial charge in [-0.1, -0.05) is 19.1 Å². The van der Waals surface area contributed by atoms with Crippen molar-refractivity contribution >= 4 is 5.95 Å². The summed E-state index contributed by atoms with van der Waals surface area (Å²) in [6, 6.07) is 11.5. The SMILES string of the molecule is CCC(C#N)Oc1cccc(CNc2ncccn2)c1. The highest BCUT2D eigenvalue weighted by Gasteiger charge is 2.06. The molecule has 0 aliphatic carbocycles. The van der Waals surface area contributed by atoms with Crippen LogP contribution in [-0.2, 0) is 6.54 Å². The average Bonchev–Trinajstić information content (AvgIpc) is 2.52. The third-order valence-electron chi connectivity index (χ3n) is 2.71. The summed E-state index contributed by atoms with van der Waals surface area (Å²) in [5, 5.41) is 12.0. The summed E-state index contributed by atoms with van der Waals surface area (Å²) < 4.78 is 5.59. The van der Waals surface area contributed by atoms with Gasteiger partial charge in [-0.3, -0.25) is 0 Å².